The molecule has 0 spiro atoms. The molecule has 0 saturated carbocycles. The normalized spacial score (nSPS) is 17.4. The molecule has 1 aliphatic carbocycles. The van der Waals surface area contributed by atoms with E-state index >= 15 is 0 Å². The Bertz CT molecular complexity index is 851. The van der Waals surface area contributed by atoms with Crippen LogP contribution in [0.5, 0.6) is 0 Å². The summed E-state index contributed by atoms with van der Waals surface area (Å²) in [6.45, 7) is 1.89. The molecule has 3 aromatic heterocycles. The number of nitrogens with one attached hydrogen (secondary N) is 1. The van der Waals surface area contributed by atoms with Gasteiger partial charge in [-0.15, -0.1) is 5.10 Å². The quantitative estimate of drug-likeness (QED) is 0.780. The second kappa shape index (κ2) is 4.94. The maximum atomic E-state index is 12.4. The summed E-state index contributed by atoms with van der Waals surface area (Å²) in [5.74, 6) is 1.23. The molecule has 0 unspecified atom stereocenters. The third-order valence-electron chi connectivity index (χ3n) is 3.99. The Morgan fingerprint density at radius 3 is 3.23 bits per heavy atom. The summed E-state index contributed by atoms with van der Waals surface area (Å²) in [5.41, 5.74) is 1.93. The van der Waals surface area contributed by atoms with Gasteiger partial charge in [0.2, 0.25) is 5.82 Å². The summed E-state index contributed by atoms with van der Waals surface area (Å²) in [6.07, 6.45) is 6.13. The van der Waals surface area contributed by atoms with E-state index in [4.69, 9.17) is 4.42 Å². The summed E-state index contributed by atoms with van der Waals surface area (Å²) in [5, 5.41) is 7.22. The molecule has 7 nitrogen and oxygen atoms in total. The first-order valence-corrected chi connectivity index (χ1v) is 7.28. The van der Waals surface area contributed by atoms with Crippen molar-refractivity contribution in [3.63, 3.8) is 0 Å². The van der Waals surface area contributed by atoms with E-state index in [1.807, 2.05) is 19.1 Å². The molecule has 22 heavy (non-hydrogen) atoms. The molecule has 0 aromatic carbocycles. The SMILES string of the molecule is Cc1ccnc2nc(C(=O)N[C@H]3CCCc4occc43)nn12. The predicted octanol–water partition coefficient (Wildman–Crippen LogP) is 1.83. The Morgan fingerprint density at radius 2 is 2.36 bits per heavy atom. The largest absolute Gasteiger partial charge is 0.469 e. The molecule has 0 radical (unpaired) electrons. The molecule has 112 valence electrons. The van der Waals surface area contributed by atoms with Crippen LogP contribution in [-0.4, -0.2) is 25.5 Å². The van der Waals surface area contributed by atoms with Crippen LogP contribution < -0.4 is 5.32 Å². The van der Waals surface area contributed by atoms with E-state index in [-0.39, 0.29) is 17.8 Å². The zero-order valence-electron chi connectivity index (χ0n) is 12.1. The molecule has 0 fully saturated rings. The van der Waals surface area contributed by atoms with Crippen molar-refractivity contribution in [3.8, 4) is 0 Å². The molecule has 1 N–H and O–H groups in total. The van der Waals surface area contributed by atoms with Gasteiger partial charge in [0, 0.05) is 23.9 Å². The minimum absolute atomic E-state index is 0.0457. The number of carbonyl (C=O) groups is 1. The summed E-state index contributed by atoms with van der Waals surface area (Å²) in [7, 11) is 0. The summed E-state index contributed by atoms with van der Waals surface area (Å²) in [4.78, 5) is 20.7. The number of fused-ring (bicyclic) bond motifs is 2. The minimum Gasteiger partial charge on any atom is -0.469 e. The number of hydrogen-bond acceptors (Lipinski definition) is 5. The van der Waals surface area contributed by atoms with Gasteiger partial charge in [-0.2, -0.15) is 4.98 Å². The van der Waals surface area contributed by atoms with E-state index in [0.717, 1.165) is 36.3 Å². The van der Waals surface area contributed by atoms with Crippen molar-refractivity contribution in [1.29, 1.82) is 0 Å². The molecular weight excluding hydrogens is 282 g/mol. The third-order valence-corrected chi connectivity index (χ3v) is 3.99. The Kier molecular flexibility index (Phi) is 2.92. The van der Waals surface area contributed by atoms with Gasteiger partial charge in [0.05, 0.1) is 12.3 Å². The van der Waals surface area contributed by atoms with Gasteiger partial charge in [0.25, 0.3) is 11.7 Å². The fourth-order valence-electron chi connectivity index (χ4n) is 2.86. The summed E-state index contributed by atoms with van der Waals surface area (Å²) < 4.78 is 7.01. The third kappa shape index (κ3) is 2.05. The molecular formula is C15H15N5O2. The maximum Gasteiger partial charge on any atom is 0.291 e. The van der Waals surface area contributed by atoms with Crippen molar-refractivity contribution >= 4 is 11.7 Å². The lowest BCUT2D eigenvalue weighted by molar-refractivity contribution is 0.0922. The molecule has 1 aliphatic rings. The van der Waals surface area contributed by atoms with Crippen molar-refractivity contribution in [3.05, 3.63) is 47.4 Å². The smallest absolute Gasteiger partial charge is 0.291 e. The maximum absolute atomic E-state index is 12.4. The number of hydrogen-bond donors (Lipinski definition) is 1. The summed E-state index contributed by atoms with van der Waals surface area (Å²) >= 11 is 0. The van der Waals surface area contributed by atoms with Crippen molar-refractivity contribution < 1.29 is 9.21 Å². The minimum atomic E-state index is -0.288. The molecule has 0 saturated heterocycles. The Morgan fingerprint density at radius 1 is 1.45 bits per heavy atom. The lowest BCUT2D eigenvalue weighted by Gasteiger charge is -2.21. The molecule has 1 atom stereocenters. The first kappa shape index (κ1) is 13.0. The van der Waals surface area contributed by atoms with Crippen LogP contribution in [0, 0.1) is 6.92 Å². The number of aromatic nitrogens is 4. The average molecular weight is 297 g/mol. The van der Waals surface area contributed by atoms with Gasteiger partial charge in [-0.05, 0) is 31.9 Å². The molecule has 7 heteroatoms. The molecule has 3 aromatic rings. The van der Waals surface area contributed by atoms with Gasteiger partial charge in [-0.1, -0.05) is 0 Å². The zero-order valence-corrected chi connectivity index (χ0v) is 12.1. The fourth-order valence-corrected chi connectivity index (χ4v) is 2.86. The van der Waals surface area contributed by atoms with Crippen LogP contribution in [0.25, 0.3) is 5.78 Å². The van der Waals surface area contributed by atoms with Gasteiger partial charge in [0.15, 0.2) is 0 Å². The van der Waals surface area contributed by atoms with Gasteiger partial charge >= 0.3 is 0 Å². The van der Waals surface area contributed by atoms with Crippen LogP contribution in [0.4, 0.5) is 0 Å². The number of furan rings is 1. The summed E-state index contributed by atoms with van der Waals surface area (Å²) in [6, 6.07) is 3.69. The highest BCUT2D eigenvalue weighted by Crippen LogP contribution is 2.30. The molecule has 0 bridgehead atoms. The first-order chi connectivity index (χ1) is 10.7. The van der Waals surface area contributed by atoms with Crippen LogP contribution >= 0.6 is 0 Å². The number of rotatable bonds is 2. The van der Waals surface area contributed by atoms with E-state index in [1.165, 1.54) is 0 Å². The second-order valence-electron chi connectivity index (χ2n) is 5.45. The van der Waals surface area contributed by atoms with Crippen molar-refractivity contribution in [2.75, 3.05) is 0 Å². The molecule has 4 rings (SSSR count). The van der Waals surface area contributed by atoms with Crippen LogP contribution in [0.3, 0.4) is 0 Å². The molecule has 1 amide bonds. The Labute approximate surface area is 126 Å². The van der Waals surface area contributed by atoms with Crippen molar-refractivity contribution in [2.24, 2.45) is 0 Å². The van der Waals surface area contributed by atoms with E-state index in [0.29, 0.717) is 5.78 Å². The second-order valence-corrected chi connectivity index (χ2v) is 5.45. The van der Waals surface area contributed by atoms with Gasteiger partial charge < -0.3 is 9.73 Å². The lowest BCUT2D eigenvalue weighted by atomic mass is 9.93. The van der Waals surface area contributed by atoms with E-state index < -0.39 is 0 Å². The van der Waals surface area contributed by atoms with Crippen LogP contribution in [0.15, 0.2) is 29.0 Å². The average Bonchev–Trinajstić information content (AvgIpc) is 3.14. The standard InChI is InChI=1S/C15H15N5O2/c1-9-5-7-16-15-18-13(19-20(9)15)14(21)17-11-3-2-4-12-10(11)6-8-22-12/h5-8,11H,2-4H2,1H3,(H,17,21)/t11-/m0/s1. The van der Waals surface area contributed by atoms with Gasteiger partial charge in [-0.25, -0.2) is 9.50 Å². The van der Waals surface area contributed by atoms with E-state index in [2.05, 4.69) is 20.4 Å². The van der Waals surface area contributed by atoms with Crippen molar-refractivity contribution in [2.45, 2.75) is 32.2 Å². The predicted molar refractivity (Wildman–Crippen MR) is 77.4 cm³/mol. The van der Waals surface area contributed by atoms with Crippen molar-refractivity contribution in [1.82, 2.24) is 24.9 Å². The van der Waals surface area contributed by atoms with Crippen LogP contribution in [0.2, 0.25) is 0 Å². The zero-order chi connectivity index (χ0) is 15.1. The van der Waals surface area contributed by atoms with Crippen LogP contribution in [0.1, 0.15) is 46.5 Å². The molecule has 0 aliphatic heterocycles. The highest BCUT2D eigenvalue weighted by atomic mass is 16.3. The van der Waals surface area contributed by atoms with Gasteiger partial charge in [-0.3, -0.25) is 4.79 Å². The topological polar surface area (TPSA) is 85.3 Å². The molecule has 3 heterocycles. The lowest BCUT2D eigenvalue weighted by Crippen LogP contribution is -2.31. The van der Waals surface area contributed by atoms with E-state index in [9.17, 15) is 4.79 Å². The number of carbonyl (C=O) groups excluding carboxylic acids is 1. The number of amides is 1. The highest BCUT2D eigenvalue weighted by Gasteiger charge is 2.25. The monoisotopic (exact) mass is 297 g/mol. The number of aryl methyl sites for hydroxylation is 2. The highest BCUT2D eigenvalue weighted by molar-refractivity contribution is 5.91. The van der Waals surface area contributed by atoms with E-state index in [1.54, 1.807) is 17.0 Å². The fraction of sp³-hybridized carbons (Fsp3) is 0.333. The Hall–Kier alpha value is -2.70. The van der Waals surface area contributed by atoms with Gasteiger partial charge in [0.1, 0.15) is 5.76 Å². The van der Waals surface area contributed by atoms with Crippen LogP contribution in [-0.2, 0) is 6.42 Å². The Balaban J connectivity index is 1.61. The first-order valence-electron chi connectivity index (χ1n) is 7.28. The number of nitrogens with zero attached hydrogens (tertiary/aromatic N) is 4.